The lowest BCUT2D eigenvalue weighted by atomic mass is 9.84. The molecule has 1 aliphatic rings. The van der Waals surface area contributed by atoms with Crippen molar-refractivity contribution in [2.24, 2.45) is 0 Å². The Kier molecular flexibility index (Phi) is 5.61. The highest BCUT2D eigenvalue weighted by Crippen LogP contribution is 2.35. The Morgan fingerprint density at radius 3 is 2.52 bits per heavy atom. The fraction of sp³-hybridized carbons (Fsp3) is 0.350. The summed E-state index contributed by atoms with van der Waals surface area (Å²) in [6, 6.07) is 15.4. The third-order valence-electron chi connectivity index (χ3n) is 4.58. The molecule has 0 aliphatic carbocycles. The minimum Gasteiger partial charge on any atom is -0.495 e. The molecule has 0 atom stereocenters. The zero-order valence-electron chi connectivity index (χ0n) is 14.3. The van der Waals surface area contributed by atoms with E-state index in [2.05, 4.69) is 5.32 Å². The summed E-state index contributed by atoms with van der Waals surface area (Å²) in [6.45, 7) is 1.66. The number of carbonyl (C=O) groups is 1. The number of hydrogen-bond acceptors (Lipinski definition) is 4. The third-order valence-corrected chi connectivity index (χ3v) is 4.88. The quantitative estimate of drug-likeness (QED) is 0.827. The Morgan fingerprint density at radius 2 is 1.88 bits per heavy atom. The van der Waals surface area contributed by atoms with E-state index in [1.54, 1.807) is 19.2 Å². The summed E-state index contributed by atoms with van der Waals surface area (Å²) in [4.78, 5) is 12.6. The Balaban J connectivity index is 1.76. The van der Waals surface area contributed by atoms with Gasteiger partial charge in [0.2, 0.25) is 0 Å². The lowest BCUT2D eigenvalue weighted by Gasteiger charge is -2.37. The monoisotopic (exact) mass is 359 g/mol. The second-order valence-electron chi connectivity index (χ2n) is 6.23. The van der Waals surface area contributed by atoms with Crippen molar-refractivity contribution in [3.63, 3.8) is 0 Å². The zero-order valence-corrected chi connectivity index (χ0v) is 15.0. The van der Waals surface area contributed by atoms with Crippen LogP contribution < -0.4 is 10.1 Å². The van der Waals surface area contributed by atoms with E-state index in [-0.39, 0.29) is 12.4 Å². The summed E-state index contributed by atoms with van der Waals surface area (Å²) < 4.78 is 11.2. The van der Waals surface area contributed by atoms with Gasteiger partial charge in [-0.2, -0.15) is 0 Å². The first-order valence-electron chi connectivity index (χ1n) is 8.43. The van der Waals surface area contributed by atoms with Gasteiger partial charge in [-0.15, -0.1) is 0 Å². The van der Waals surface area contributed by atoms with E-state index < -0.39 is 5.60 Å². The van der Waals surface area contributed by atoms with Gasteiger partial charge in [-0.05, 0) is 36.3 Å². The molecule has 4 nitrogen and oxygen atoms in total. The van der Waals surface area contributed by atoms with Gasteiger partial charge in [0.25, 0.3) is 0 Å². The molecular weight excluding hydrogens is 338 g/mol. The lowest BCUT2D eigenvalue weighted by molar-refractivity contribution is -0.163. The van der Waals surface area contributed by atoms with Gasteiger partial charge in [-0.1, -0.05) is 48.0 Å². The minimum atomic E-state index is -0.556. The first-order valence-corrected chi connectivity index (χ1v) is 8.81. The average Bonchev–Trinajstić information content (AvgIpc) is 2.63. The van der Waals surface area contributed by atoms with Crippen LogP contribution in [-0.2, 0) is 21.6 Å². The number of esters is 1. The van der Waals surface area contributed by atoms with Crippen LogP contribution in [0.25, 0.3) is 0 Å². The summed E-state index contributed by atoms with van der Waals surface area (Å²) in [7, 11) is 1.57. The largest absolute Gasteiger partial charge is 0.495 e. The Morgan fingerprint density at radius 1 is 1.16 bits per heavy atom. The Labute approximate surface area is 153 Å². The van der Waals surface area contributed by atoms with Gasteiger partial charge < -0.3 is 14.8 Å². The van der Waals surface area contributed by atoms with Crippen molar-refractivity contribution >= 4 is 17.6 Å². The molecule has 0 bridgehead atoms. The summed E-state index contributed by atoms with van der Waals surface area (Å²) in [5.41, 5.74) is 1.31. The van der Waals surface area contributed by atoms with Crippen molar-refractivity contribution in [1.82, 2.24) is 5.32 Å². The maximum atomic E-state index is 12.6. The van der Waals surface area contributed by atoms with Crippen LogP contribution in [0.1, 0.15) is 24.0 Å². The van der Waals surface area contributed by atoms with Crippen molar-refractivity contribution < 1.29 is 14.3 Å². The SMILES string of the molecule is COc1ccc(CC(=O)OC2(c3ccccc3)CCNCC2)cc1Cl. The number of carbonyl (C=O) groups excluding carboxylic acids is 1. The molecule has 132 valence electrons. The Hall–Kier alpha value is -2.04. The second kappa shape index (κ2) is 7.89. The first-order chi connectivity index (χ1) is 12.1. The van der Waals surface area contributed by atoms with Gasteiger partial charge in [0.05, 0.1) is 18.6 Å². The molecule has 5 heteroatoms. The fourth-order valence-electron chi connectivity index (χ4n) is 3.26. The van der Waals surface area contributed by atoms with Crippen LogP contribution in [0, 0.1) is 0 Å². The molecule has 25 heavy (non-hydrogen) atoms. The van der Waals surface area contributed by atoms with Gasteiger partial charge in [-0.3, -0.25) is 4.79 Å². The van der Waals surface area contributed by atoms with Gasteiger partial charge in [0, 0.05) is 12.8 Å². The summed E-state index contributed by atoms with van der Waals surface area (Å²) in [5, 5.41) is 3.82. The van der Waals surface area contributed by atoms with Crippen molar-refractivity contribution in [2.45, 2.75) is 24.9 Å². The molecule has 1 saturated heterocycles. The Bertz CT molecular complexity index is 727. The van der Waals surface area contributed by atoms with Crippen molar-refractivity contribution in [1.29, 1.82) is 0 Å². The molecule has 0 spiro atoms. The molecule has 1 aliphatic heterocycles. The number of nitrogens with one attached hydrogen (secondary N) is 1. The number of rotatable bonds is 5. The van der Waals surface area contributed by atoms with Gasteiger partial charge in [-0.25, -0.2) is 0 Å². The molecule has 0 amide bonds. The fourth-order valence-corrected chi connectivity index (χ4v) is 3.54. The normalized spacial score (nSPS) is 16.2. The number of piperidine rings is 1. The lowest BCUT2D eigenvalue weighted by Crippen LogP contribution is -2.43. The summed E-state index contributed by atoms with van der Waals surface area (Å²) in [5.74, 6) is 0.352. The maximum Gasteiger partial charge on any atom is 0.311 e. The number of benzene rings is 2. The molecular formula is C20H22ClNO3. The number of hydrogen-bond donors (Lipinski definition) is 1. The van der Waals surface area contributed by atoms with Crippen molar-refractivity contribution in [2.75, 3.05) is 20.2 Å². The molecule has 0 radical (unpaired) electrons. The van der Waals surface area contributed by atoms with Crippen molar-refractivity contribution in [3.8, 4) is 5.75 Å². The first kappa shape index (κ1) is 17.8. The van der Waals surface area contributed by atoms with Crippen LogP contribution in [-0.4, -0.2) is 26.2 Å². The van der Waals surface area contributed by atoms with E-state index in [1.807, 2.05) is 36.4 Å². The van der Waals surface area contributed by atoms with Crippen LogP contribution in [0.3, 0.4) is 0 Å². The van der Waals surface area contributed by atoms with Crippen molar-refractivity contribution in [3.05, 3.63) is 64.7 Å². The van der Waals surface area contributed by atoms with E-state index in [0.29, 0.717) is 10.8 Å². The molecule has 0 saturated carbocycles. The van der Waals surface area contributed by atoms with E-state index in [4.69, 9.17) is 21.1 Å². The molecule has 0 aromatic heterocycles. The topological polar surface area (TPSA) is 47.6 Å². The molecule has 3 rings (SSSR count). The summed E-state index contributed by atoms with van der Waals surface area (Å²) in [6.07, 6.45) is 1.73. The van der Waals surface area contributed by atoms with Gasteiger partial charge >= 0.3 is 5.97 Å². The highest BCUT2D eigenvalue weighted by atomic mass is 35.5. The number of halogens is 1. The maximum absolute atomic E-state index is 12.6. The predicted octanol–water partition coefficient (Wildman–Crippen LogP) is 3.71. The van der Waals surface area contributed by atoms with Gasteiger partial charge in [0.1, 0.15) is 11.4 Å². The van der Waals surface area contributed by atoms with Crippen LogP contribution in [0.5, 0.6) is 5.75 Å². The van der Waals surface area contributed by atoms with Gasteiger partial charge in [0.15, 0.2) is 0 Å². The minimum absolute atomic E-state index is 0.186. The number of methoxy groups -OCH3 is 1. The summed E-state index contributed by atoms with van der Waals surface area (Å²) >= 11 is 6.14. The van der Waals surface area contributed by atoms with Crippen LogP contribution in [0.4, 0.5) is 0 Å². The molecule has 1 N–H and O–H groups in total. The molecule has 1 fully saturated rings. The molecule has 0 unspecified atom stereocenters. The highest BCUT2D eigenvalue weighted by molar-refractivity contribution is 6.32. The molecule has 2 aromatic carbocycles. The van der Waals surface area contributed by atoms with Crippen LogP contribution in [0.2, 0.25) is 5.02 Å². The second-order valence-corrected chi connectivity index (χ2v) is 6.64. The predicted molar refractivity (Wildman–Crippen MR) is 98.0 cm³/mol. The van der Waals surface area contributed by atoms with Crippen LogP contribution >= 0.6 is 11.6 Å². The van der Waals surface area contributed by atoms with Crippen LogP contribution in [0.15, 0.2) is 48.5 Å². The molecule has 1 heterocycles. The zero-order chi connectivity index (χ0) is 17.7. The smallest absolute Gasteiger partial charge is 0.311 e. The average molecular weight is 360 g/mol. The van der Waals surface area contributed by atoms with E-state index >= 15 is 0 Å². The highest BCUT2D eigenvalue weighted by Gasteiger charge is 2.37. The van der Waals surface area contributed by atoms with E-state index in [0.717, 1.165) is 37.1 Å². The number of ether oxygens (including phenoxy) is 2. The third kappa shape index (κ3) is 4.14. The van der Waals surface area contributed by atoms with E-state index in [9.17, 15) is 4.79 Å². The van der Waals surface area contributed by atoms with E-state index in [1.165, 1.54) is 0 Å². The molecule has 2 aromatic rings. The standard InChI is InChI=1S/C20H22ClNO3/c1-24-18-8-7-15(13-17(18)21)14-19(23)25-20(9-11-22-12-10-20)16-5-3-2-4-6-16/h2-8,13,22H,9-12,14H2,1H3.